The minimum absolute atomic E-state index is 0.0936. The molecule has 0 saturated heterocycles. The van der Waals surface area contributed by atoms with Gasteiger partial charge >= 0.3 is 8.80 Å². The van der Waals surface area contributed by atoms with Crippen LogP contribution in [-0.2, 0) is 13.3 Å². The number of ether oxygens (including phenoxy) is 1. The number of phenols is 1. The van der Waals surface area contributed by atoms with Crippen LogP contribution in [0, 0.1) is 0 Å². The van der Waals surface area contributed by atoms with Crippen LogP contribution in [-0.4, -0.2) is 46.1 Å². The first-order chi connectivity index (χ1) is 15.5. The summed E-state index contributed by atoms with van der Waals surface area (Å²) in [5.74, 6) is 0.196. The van der Waals surface area contributed by atoms with Gasteiger partial charge in [-0.05, 0) is 37.8 Å². The topological polar surface area (TPSA) is 74.2 Å². The summed E-state index contributed by atoms with van der Waals surface area (Å²) in [6.45, 7) is 8.49. The van der Waals surface area contributed by atoms with Crippen LogP contribution in [0.5, 0.6) is 11.5 Å². The lowest BCUT2D eigenvalue weighted by atomic mass is 10.0. The Balaban J connectivity index is 1.95. The van der Waals surface area contributed by atoms with Crippen LogP contribution < -0.4 is 4.74 Å². The SMILES string of the molecule is CCCO[Si](CCCOc1ccc(C(=O)c2ccccc2)c(O)c1)(OCCC)OCCC. The molecule has 0 fully saturated rings. The van der Waals surface area contributed by atoms with Gasteiger partial charge in [0.05, 0.1) is 12.2 Å². The summed E-state index contributed by atoms with van der Waals surface area (Å²) in [6.07, 6.45) is 3.42. The molecule has 0 aliphatic rings. The van der Waals surface area contributed by atoms with E-state index in [0.29, 0.717) is 50.2 Å². The average molecular weight is 461 g/mol. The lowest BCUT2D eigenvalue weighted by Gasteiger charge is -2.29. The fourth-order valence-electron chi connectivity index (χ4n) is 3.13. The highest BCUT2D eigenvalue weighted by atomic mass is 28.4. The van der Waals surface area contributed by atoms with E-state index in [1.165, 1.54) is 6.07 Å². The molecule has 0 aliphatic heterocycles. The summed E-state index contributed by atoms with van der Waals surface area (Å²) in [5, 5.41) is 10.3. The van der Waals surface area contributed by atoms with Crippen LogP contribution in [0.2, 0.25) is 6.04 Å². The number of hydrogen-bond acceptors (Lipinski definition) is 6. The van der Waals surface area contributed by atoms with Gasteiger partial charge in [0.2, 0.25) is 0 Å². The number of rotatable bonds is 16. The summed E-state index contributed by atoms with van der Waals surface area (Å²) < 4.78 is 24.1. The highest BCUT2D eigenvalue weighted by molar-refractivity contribution is 6.60. The van der Waals surface area contributed by atoms with E-state index in [0.717, 1.165) is 19.3 Å². The van der Waals surface area contributed by atoms with Crippen LogP contribution in [0.15, 0.2) is 48.5 Å². The van der Waals surface area contributed by atoms with Gasteiger partial charge in [-0.25, -0.2) is 0 Å². The Morgan fingerprint density at radius 2 is 1.44 bits per heavy atom. The third kappa shape index (κ3) is 8.06. The predicted molar refractivity (Wildman–Crippen MR) is 127 cm³/mol. The Labute approximate surface area is 192 Å². The van der Waals surface area contributed by atoms with Crippen molar-refractivity contribution in [3.8, 4) is 11.5 Å². The van der Waals surface area contributed by atoms with Gasteiger partial charge in [0, 0.05) is 37.5 Å². The van der Waals surface area contributed by atoms with Crippen LogP contribution in [0.25, 0.3) is 0 Å². The van der Waals surface area contributed by atoms with E-state index in [9.17, 15) is 9.90 Å². The molecule has 0 bridgehead atoms. The largest absolute Gasteiger partial charge is 0.507 e. The summed E-state index contributed by atoms with van der Waals surface area (Å²) in [6, 6.07) is 14.3. The molecule has 0 amide bonds. The lowest BCUT2D eigenvalue weighted by molar-refractivity contribution is 0.0577. The van der Waals surface area contributed by atoms with Crippen molar-refractivity contribution in [2.75, 3.05) is 26.4 Å². The zero-order valence-electron chi connectivity index (χ0n) is 19.5. The molecule has 0 spiro atoms. The predicted octanol–water partition coefficient (Wildman–Crippen LogP) is 5.61. The maximum atomic E-state index is 12.6. The van der Waals surface area contributed by atoms with E-state index < -0.39 is 8.80 Å². The number of carbonyl (C=O) groups is 1. The minimum atomic E-state index is -2.74. The van der Waals surface area contributed by atoms with Gasteiger partial charge in [-0.2, -0.15) is 0 Å². The molecule has 7 heteroatoms. The average Bonchev–Trinajstić information content (AvgIpc) is 2.82. The third-order valence-electron chi connectivity index (χ3n) is 4.72. The quantitative estimate of drug-likeness (QED) is 0.199. The number of aromatic hydroxyl groups is 1. The van der Waals surface area contributed by atoms with E-state index in [-0.39, 0.29) is 17.1 Å². The summed E-state index contributed by atoms with van der Waals surface area (Å²) >= 11 is 0. The number of ketones is 1. The van der Waals surface area contributed by atoms with Crippen LogP contribution in [0.4, 0.5) is 0 Å². The standard InChI is InChI=1S/C25H36O6Si/c1-4-15-29-32(30-16-5-2,31-17-6-3)19-10-18-28-22-13-14-23(24(26)20-22)25(27)21-11-8-7-9-12-21/h7-9,11-14,20,26H,4-6,10,15-19H2,1-3H3. The molecule has 0 heterocycles. The third-order valence-corrected chi connectivity index (χ3v) is 7.62. The molecule has 0 unspecified atom stereocenters. The Morgan fingerprint density at radius 3 is 1.97 bits per heavy atom. The minimum Gasteiger partial charge on any atom is -0.507 e. The first-order valence-corrected chi connectivity index (χ1v) is 13.5. The van der Waals surface area contributed by atoms with Gasteiger partial charge in [0.15, 0.2) is 5.78 Å². The molecule has 0 radical (unpaired) electrons. The van der Waals surface area contributed by atoms with Gasteiger partial charge in [-0.3, -0.25) is 4.79 Å². The van der Waals surface area contributed by atoms with Crippen LogP contribution in [0.3, 0.4) is 0 Å². The van der Waals surface area contributed by atoms with Crippen molar-refractivity contribution in [2.45, 2.75) is 52.5 Å². The zero-order chi connectivity index (χ0) is 23.2. The maximum absolute atomic E-state index is 12.6. The molecule has 176 valence electrons. The number of carbonyl (C=O) groups excluding carboxylic acids is 1. The molecular weight excluding hydrogens is 424 g/mol. The number of hydrogen-bond donors (Lipinski definition) is 1. The monoisotopic (exact) mass is 460 g/mol. The molecule has 0 atom stereocenters. The van der Waals surface area contributed by atoms with E-state index in [1.54, 1.807) is 36.4 Å². The molecule has 0 aliphatic carbocycles. The molecule has 2 rings (SSSR count). The van der Waals surface area contributed by atoms with E-state index in [4.69, 9.17) is 18.0 Å². The Bertz CT molecular complexity index is 790. The Kier molecular flexibility index (Phi) is 11.4. The summed E-state index contributed by atoms with van der Waals surface area (Å²) in [4.78, 5) is 12.6. The normalized spacial score (nSPS) is 11.5. The maximum Gasteiger partial charge on any atom is 0.501 e. The smallest absolute Gasteiger partial charge is 0.501 e. The Hall–Kier alpha value is -2.19. The van der Waals surface area contributed by atoms with Crippen LogP contribution in [0.1, 0.15) is 62.4 Å². The van der Waals surface area contributed by atoms with Gasteiger partial charge in [0.25, 0.3) is 0 Å². The molecule has 0 saturated carbocycles. The van der Waals surface area contributed by atoms with Gasteiger partial charge < -0.3 is 23.1 Å². The molecule has 0 aromatic heterocycles. The molecule has 6 nitrogen and oxygen atoms in total. The van der Waals surface area contributed by atoms with Crippen molar-refractivity contribution in [3.63, 3.8) is 0 Å². The second-order valence-corrected chi connectivity index (χ2v) is 10.3. The van der Waals surface area contributed by atoms with Crippen molar-refractivity contribution < 1.29 is 27.9 Å². The summed E-state index contributed by atoms with van der Waals surface area (Å²) in [7, 11) is -2.74. The molecule has 32 heavy (non-hydrogen) atoms. The molecule has 2 aromatic carbocycles. The number of phenolic OH excluding ortho intramolecular Hbond substituents is 1. The van der Waals surface area contributed by atoms with Crippen LogP contribution >= 0.6 is 0 Å². The van der Waals surface area contributed by atoms with Gasteiger partial charge in [-0.1, -0.05) is 51.1 Å². The fourth-order valence-corrected chi connectivity index (χ4v) is 5.94. The van der Waals surface area contributed by atoms with Crippen molar-refractivity contribution in [2.24, 2.45) is 0 Å². The highest BCUT2D eigenvalue weighted by Crippen LogP contribution is 2.26. The second-order valence-electron chi connectivity index (χ2n) is 7.55. The highest BCUT2D eigenvalue weighted by Gasteiger charge is 2.40. The second kappa shape index (κ2) is 14.1. The van der Waals surface area contributed by atoms with Crippen molar-refractivity contribution >= 4 is 14.6 Å². The first-order valence-electron chi connectivity index (χ1n) is 11.5. The van der Waals surface area contributed by atoms with E-state index >= 15 is 0 Å². The van der Waals surface area contributed by atoms with Crippen molar-refractivity contribution in [1.82, 2.24) is 0 Å². The van der Waals surface area contributed by atoms with E-state index in [1.807, 2.05) is 6.07 Å². The molecular formula is C25H36O6Si. The van der Waals surface area contributed by atoms with Gasteiger partial charge in [0.1, 0.15) is 11.5 Å². The first kappa shape index (κ1) is 26.1. The van der Waals surface area contributed by atoms with Crippen molar-refractivity contribution in [1.29, 1.82) is 0 Å². The molecule has 2 aromatic rings. The Morgan fingerprint density at radius 1 is 0.844 bits per heavy atom. The number of benzene rings is 2. The molecule has 1 N–H and O–H groups in total. The summed E-state index contributed by atoms with van der Waals surface area (Å²) in [5.41, 5.74) is 0.785. The van der Waals surface area contributed by atoms with Gasteiger partial charge in [-0.15, -0.1) is 0 Å². The zero-order valence-corrected chi connectivity index (χ0v) is 20.5. The van der Waals surface area contributed by atoms with Crippen molar-refractivity contribution in [3.05, 3.63) is 59.7 Å². The lowest BCUT2D eigenvalue weighted by Crippen LogP contribution is -2.46. The van der Waals surface area contributed by atoms with E-state index in [2.05, 4.69) is 20.8 Å². The fraction of sp³-hybridized carbons (Fsp3) is 0.480.